The van der Waals surface area contributed by atoms with Gasteiger partial charge in [-0.1, -0.05) is 6.07 Å². The van der Waals surface area contributed by atoms with E-state index < -0.39 is 0 Å². The molecule has 0 amide bonds. The van der Waals surface area contributed by atoms with Gasteiger partial charge in [-0.15, -0.1) is 0 Å². The van der Waals surface area contributed by atoms with Crippen molar-refractivity contribution in [1.82, 2.24) is 29.4 Å². The predicted octanol–water partition coefficient (Wildman–Crippen LogP) is 1.18. The molecule has 1 fully saturated rings. The highest BCUT2D eigenvalue weighted by atomic mass is 16.5. The van der Waals surface area contributed by atoms with E-state index in [-0.39, 0.29) is 11.0 Å². The first-order valence-corrected chi connectivity index (χ1v) is 10.1. The van der Waals surface area contributed by atoms with E-state index >= 15 is 0 Å². The Hall–Kier alpha value is -3.04. The van der Waals surface area contributed by atoms with Crippen LogP contribution in [0, 0.1) is 0 Å². The molecule has 9 nitrogen and oxygen atoms in total. The Kier molecular flexibility index (Phi) is 4.84. The van der Waals surface area contributed by atoms with E-state index in [1.165, 1.54) is 0 Å². The van der Waals surface area contributed by atoms with Crippen LogP contribution in [0.15, 0.2) is 41.8 Å². The lowest BCUT2D eigenvalue weighted by Crippen LogP contribution is -2.40. The second-order valence-electron chi connectivity index (χ2n) is 8.21. The van der Waals surface area contributed by atoms with Gasteiger partial charge in [0.15, 0.2) is 0 Å². The molecule has 2 N–H and O–H groups in total. The number of rotatable bonds is 5. The molecule has 9 heteroatoms. The van der Waals surface area contributed by atoms with Crippen LogP contribution in [0.2, 0.25) is 0 Å². The lowest BCUT2D eigenvalue weighted by atomic mass is 9.80. The summed E-state index contributed by atoms with van der Waals surface area (Å²) < 4.78 is 7.91. The summed E-state index contributed by atoms with van der Waals surface area (Å²) >= 11 is 0. The van der Waals surface area contributed by atoms with Crippen LogP contribution in [-0.4, -0.2) is 49.1 Å². The molecule has 5 rings (SSSR count). The number of hydrogen-bond donors (Lipinski definition) is 2. The van der Waals surface area contributed by atoms with Gasteiger partial charge in [0.1, 0.15) is 0 Å². The Morgan fingerprint density at radius 2 is 2.27 bits per heavy atom. The molecule has 0 bridgehead atoms. The summed E-state index contributed by atoms with van der Waals surface area (Å²) in [5, 5.41) is 3.33. The SMILES string of the molecule is Cn1cncc1CNc1ncc2c(n1)C1(CCN(Cc3ccc(=O)[nH]c3)C1)COC2. The smallest absolute Gasteiger partial charge is 0.247 e. The van der Waals surface area contributed by atoms with Crippen LogP contribution >= 0.6 is 0 Å². The summed E-state index contributed by atoms with van der Waals surface area (Å²) in [4.78, 5) is 30.0. The Bertz CT molecular complexity index is 1090. The van der Waals surface area contributed by atoms with Crippen molar-refractivity contribution >= 4 is 5.95 Å². The lowest BCUT2D eigenvalue weighted by Gasteiger charge is -2.34. The van der Waals surface area contributed by atoms with E-state index in [1.54, 1.807) is 18.6 Å². The van der Waals surface area contributed by atoms with Gasteiger partial charge in [0.2, 0.25) is 11.5 Å². The number of likely N-dealkylation sites (tertiary alicyclic amines) is 1. The molecule has 30 heavy (non-hydrogen) atoms. The molecule has 3 aromatic rings. The van der Waals surface area contributed by atoms with Crippen LogP contribution in [0.3, 0.4) is 0 Å². The highest BCUT2D eigenvalue weighted by molar-refractivity contribution is 5.37. The Morgan fingerprint density at radius 3 is 3.07 bits per heavy atom. The normalized spacial score (nSPS) is 21.1. The second kappa shape index (κ2) is 7.66. The maximum absolute atomic E-state index is 11.3. The Balaban J connectivity index is 1.34. The van der Waals surface area contributed by atoms with Gasteiger partial charge in [0.25, 0.3) is 0 Å². The van der Waals surface area contributed by atoms with Gasteiger partial charge in [-0.3, -0.25) is 9.69 Å². The molecule has 1 unspecified atom stereocenters. The number of imidazole rings is 1. The molecular formula is C21H25N7O2. The van der Waals surface area contributed by atoms with Crippen LogP contribution in [-0.2, 0) is 36.9 Å². The standard InChI is InChI=1S/C21H25N7O2/c1-27-14-22-8-17(27)9-25-20-24-7-16-11-30-13-21(19(16)26-20)4-5-28(12-21)10-15-2-3-18(29)23-6-15/h2-3,6-8,14H,4-5,9-13H2,1H3,(H,23,29)(H,24,25,26). The first-order valence-electron chi connectivity index (χ1n) is 10.1. The average Bonchev–Trinajstić information content (AvgIpc) is 3.35. The summed E-state index contributed by atoms with van der Waals surface area (Å²) in [6.45, 7) is 4.47. The molecule has 2 aliphatic heterocycles. The van der Waals surface area contributed by atoms with Crippen molar-refractivity contribution < 1.29 is 4.74 Å². The average molecular weight is 407 g/mol. The molecule has 0 radical (unpaired) electrons. The third kappa shape index (κ3) is 3.61. The van der Waals surface area contributed by atoms with Gasteiger partial charge in [0.05, 0.1) is 42.9 Å². The zero-order valence-corrected chi connectivity index (χ0v) is 17.0. The molecule has 1 spiro atoms. The van der Waals surface area contributed by atoms with Crippen molar-refractivity contribution in [2.24, 2.45) is 7.05 Å². The van der Waals surface area contributed by atoms with Gasteiger partial charge in [-0.25, -0.2) is 15.0 Å². The van der Waals surface area contributed by atoms with Gasteiger partial charge in [-0.05, 0) is 18.5 Å². The van der Waals surface area contributed by atoms with Crippen molar-refractivity contribution in [2.75, 3.05) is 25.0 Å². The van der Waals surface area contributed by atoms with Crippen molar-refractivity contribution in [3.63, 3.8) is 0 Å². The minimum atomic E-state index is -0.123. The van der Waals surface area contributed by atoms with Crippen LogP contribution in [0.1, 0.15) is 28.9 Å². The third-order valence-corrected chi connectivity index (χ3v) is 6.03. The maximum Gasteiger partial charge on any atom is 0.247 e. The summed E-state index contributed by atoms with van der Waals surface area (Å²) in [5.41, 5.74) is 4.14. The number of pyridine rings is 1. The van der Waals surface area contributed by atoms with Crippen molar-refractivity contribution in [2.45, 2.75) is 31.5 Å². The zero-order valence-electron chi connectivity index (χ0n) is 17.0. The first-order chi connectivity index (χ1) is 14.6. The van der Waals surface area contributed by atoms with Crippen LogP contribution < -0.4 is 10.9 Å². The molecule has 2 aliphatic rings. The van der Waals surface area contributed by atoms with Crippen molar-refractivity contribution in [3.05, 3.63) is 69.9 Å². The minimum absolute atomic E-state index is 0.0749. The molecule has 3 aromatic heterocycles. The van der Waals surface area contributed by atoms with E-state index in [1.807, 2.05) is 30.1 Å². The molecule has 1 saturated heterocycles. The highest BCUT2D eigenvalue weighted by Gasteiger charge is 2.44. The highest BCUT2D eigenvalue weighted by Crippen LogP contribution is 2.39. The molecule has 1 atom stereocenters. The van der Waals surface area contributed by atoms with E-state index in [0.717, 1.165) is 48.6 Å². The molecule has 5 heterocycles. The second-order valence-corrected chi connectivity index (χ2v) is 8.21. The van der Waals surface area contributed by atoms with Crippen molar-refractivity contribution in [3.8, 4) is 0 Å². The molecular weight excluding hydrogens is 382 g/mol. The summed E-state index contributed by atoms with van der Waals surface area (Å²) in [6, 6.07) is 3.46. The minimum Gasteiger partial charge on any atom is -0.376 e. The van der Waals surface area contributed by atoms with Gasteiger partial charge >= 0.3 is 0 Å². The Morgan fingerprint density at radius 1 is 1.33 bits per heavy atom. The van der Waals surface area contributed by atoms with E-state index in [4.69, 9.17) is 9.72 Å². The quantitative estimate of drug-likeness (QED) is 0.655. The van der Waals surface area contributed by atoms with Crippen LogP contribution in [0.25, 0.3) is 0 Å². The monoisotopic (exact) mass is 407 g/mol. The fourth-order valence-corrected chi connectivity index (χ4v) is 4.41. The third-order valence-electron chi connectivity index (χ3n) is 6.03. The van der Waals surface area contributed by atoms with Crippen LogP contribution in [0.4, 0.5) is 5.95 Å². The number of aromatic amines is 1. The lowest BCUT2D eigenvalue weighted by molar-refractivity contribution is 0.0503. The number of fused-ring (bicyclic) bond motifs is 2. The first kappa shape index (κ1) is 19.0. The number of nitrogens with one attached hydrogen (secondary N) is 2. The number of H-pyrrole nitrogens is 1. The van der Waals surface area contributed by atoms with Gasteiger partial charge < -0.3 is 19.6 Å². The van der Waals surface area contributed by atoms with E-state index in [9.17, 15) is 4.79 Å². The number of aryl methyl sites for hydroxylation is 1. The van der Waals surface area contributed by atoms with E-state index in [2.05, 4.69) is 25.2 Å². The number of anilines is 1. The largest absolute Gasteiger partial charge is 0.376 e. The summed E-state index contributed by atoms with van der Waals surface area (Å²) in [6.07, 6.45) is 8.29. The topological polar surface area (TPSA) is 101 Å². The fourth-order valence-electron chi connectivity index (χ4n) is 4.41. The zero-order chi connectivity index (χ0) is 20.6. The van der Waals surface area contributed by atoms with E-state index in [0.29, 0.717) is 25.7 Å². The Labute approximate surface area is 174 Å². The van der Waals surface area contributed by atoms with Gasteiger partial charge in [0, 0.05) is 50.4 Å². The summed E-state index contributed by atoms with van der Waals surface area (Å²) in [7, 11) is 1.97. The predicted molar refractivity (Wildman–Crippen MR) is 111 cm³/mol. The van der Waals surface area contributed by atoms with Crippen LogP contribution in [0.5, 0.6) is 0 Å². The summed E-state index contributed by atoms with van der Waals surface area (Å²) in [5.74, 6) is 0.635. The number of hydrogen-bond acceptors (Lipinski definition) is 7. The van der Waals surface area contributed by atoms with Crippen molar-refractivity contribution in [1.29, 1.82) is 0 Å². The number of nitrogens with zero attached hydrogens (tertiary/aromatic N) is 5. The molecule has 0 aliphatic carbocycles. The van der Waals surface area contributed by atoms with Gasteiger partial charge in [-0.2, -0.15) is 0 Å². The number of ether oxygens (including phenoxy) is 1. The maximum atomic E-state index is 11.3. The molecule has 156 valence electrons. The molecule has 0 aromatic carbocycles. The molecule has 0 saturated carbocycles. The number of aromatic nitrogens is 5. The fraction of sp³-hybridized carbons (Fsp3) is 0.429.